The molecule has 0 aromatic carbocycles. The Morgan fingerprint density at radius 2 is 0.880 bits per heavy atom. The van der Waals surface area contributed by atoms with Gasteiger partial charge in [0.05, 0.1) is 0 Å². The molecule has 0 aromatic rings. The zero-order valence-corrected chi connectivity index (χ0v) is 18.6. The van der Waals surface area contributed by atoms with Crippen molar-refractivity contribution in [2.45, 2.75) is 129 Å². The van der Waals surface area contributed by atoms with E-state index in [0.29, 0.717) is 0 Å². The third-order valence-corrected chi connectivity index (χ3v) is 5.47. The van der Waals surface area contributed by atoms with Crippen molar-refractivity contribution < 1.29 is 5.11 Å². The van der Waals surface area contributed by atoms with Crippen LogP contribution in [0.3, 0.4) is 0 Å². The molecule has 1 N–H and O–H groups in total. The molecule has 25 heavy (non-hydrogen) atoms. The van der Waals surface area contributed by atoms with Crippen LogP contribution in [-0.4, -0.2) is 29.8 Å². The minimum absolute atomic E-state index is 0. The van der Waals surface area contributed by atoms with Gasteiger partial charge >= 0.3 is 0 Å². The highest BCUT2D eigenvalue weighted by molar-refractivity contribution is 5.85. The van der Waals surface area contributed by atoms with Crippen molar-refractivity contribution in [1.82, 2.24) is 4.90 Å². The molecular weight excluding hydrogens is 330 g/mol. The van der Waals surface area contributed by atoms with Gasteiger partial charge in [-0.05, 0) is 33.9 Å². The van der Waals surface area contributed by atoms with Crippen LogP contribution >= 0.6 is 12.4 Å². The SMILES string of the molecule is CCCCCCCCCCCCCCCCCCC(C)(O)N(C)C.Cl. The first-order chi connectivity index (χ1) is 11.5. The lowest BCUT2D eigenvalue weighted by molar-refractivity contribution is -0.0734. The molecule has 1 atom stereocenters. The van der Waals surface area contributed by atoms with Crippen LogP contribution in [0.1, 0.15) is 123 Å². The van der Waals surface area contributed by atoms with Crippen LogP contribution in [0.5, 0.6) is 0 Å². The standard InChI is InChI=1S/C22H47NO.ClH/c1-5-6-7-8-9-10-11-12-13-14-15-16-17-18-19-20-21-22(2,24)23(3)4;/h24H,5-21H2,1-4H3;1H. The molecule has 2 nitrogen and oxygen atoms in total. The van der Waals surface area contributed by atoms with Crippen molar-refractivity contribution in [1.29, 1.82) is 0 Å². The van der Waals surface area contributed by atoms with Gasteiger partial charge in [-0.15, -0.1) is 12.4 Å². The molecule has 0 rings (SSSR count). The van der Waals surface area contributed by atoms with E-state index in [2.05, 4.69) is 6.92 Å². The average Bonchev–Trinajstić information content (AvgIpc) is 2.54. The number of hydrogen-bond donors (Lipinski definition) is 1. The van der Waals surface area contributed by atoms with E-state index < -0.39 is 5.72 Å². The summed E-state index contributed by atoms with van der Waals surface area (Å²) in [5, 5.41) is 10.1. The predicted octanol–water partition coefficient (Wildman–Crippen LogP) is 7.33. The fourth-order valence-electron chi connectivity index (χ4n) is 3.23. The van der Waals surface area contributed by atoms with E-state index in [1.54, 1.807) is 0 Å². The average molecular weight is 378 g/mol. The summed E-state index contributed by atoms with van der Waals surface area (Å²) in [6.45, 7) is 4.20. The second-order valence-corrected chi connectivity index (χ2v) is 8.16. The topological polar surface area (TPSA) is 23.5 Å². The molecule has 0 aromatic heterocycles. The van der Waals surface area contributed by atoms with E-state index in [-0.39, 0.29) is 12.4 Å². The molecule has 0 heterocycles. The third-order valence-electron chi connectivity index (χ3n) is 5.47. The first-order valence-corrected chi connectivity index (χ1v) is 10.9. The molecule has 0 fully saturated rings. The molecule has 3 heteroatoms. The van der Waals surface area contributed by atoms with Gasteiger partial charge in [0.15, 0.2) is 0 Å². The highest BCUT2D eigenvalue weighted by Crippen LogP contribution is 2.18. The highest BCUT2D eigenvalue weighted by Gasteiger charge is 2.21. The first-order valence-electron chi connectivity index (χ1n) is 10.9. The van der Waals surface area contributed by atoms with Gasteiger partial charge in [-0.2, -0.15) is 0 Å². The van der Waals surface area contributed by atoms with Crippen LogP contribution in [0.15, 0.2) is 0 Å². The summed E-state index contributed by atoms with van der Waals surface area (Å²) in [7, 11) is 3.90. The summed E-state index contributed by atoms with van der Waals surface area (Å²) in [6, 6.07) is 0. The van der Waals surface area contributed by atoms with Crippen molar-refractivity contribution in [2.24, 2.45) is 0 Å². The van der Waals surface area contributed by atoms with Crippen molar-refractivity contribution in [3.8, 4) is 0 Å². The lowest BCUT2D eigenvalue weighted by atomic mass is 10.0. The summed E-state index contributed by atoms with van der Waals surface area (Å²) in [4.78, 5) is 1.91. The minimum atomic E-state index is -0.629. The van der Waals surface area contributed by atoms with Crippen molar-refractivity contribution >= 4 is 12.4 Å². The van der Waals surface area contributed by atoms with Crippen LogP contribution in [0.2, 0.25) is 0 Å². The predicted molar refractivity (Wildman–Crippen MR) is 116 cm³/mol. The van der Waals surface area contributed by atoms with E-state index in [1.807, 2.05) is 25.9 Å². The molecule has 0 amide bonds. The van der Waals surface area contributed by atoms with Gasteiger partial charge in [0.2, 0.25) is 0 Å². The van der Waals surface area contributed by atoms with Gasteiger partial charge in [-0.3, -0.25) is 4.90 Å². The monoisotopic (exact) mass is 377 g/mol. The zero-order chi connectivity index (χ0) is 18.1. The molecule has 0 aliphatic heterocycles. The molecule has 1 unspecified atom stereocenters. The Kier molecular flexibility index (Phi) is 20.8. The zero-order valence-electron chi connectivity index (χ0n) is 17.8. The number of nitrogens with zero attached hydrogens (tertiary/aromatic N) is 1. The fraction of sp³-hybridized carbons (Fsp3) is 1.00. The molecule has 0 aliphatic carbocycles. The Morgan fingerprint density at radius 1 is 0.600 bits per heavy atom. The lowest BCUT2D eigenvalue weighted by Crippen LogP contribution is -2.40. The molecule has 0 saturated heterocycles. The smallest absolute Gasteiger partial charge is 0.115 e. The third kappa shape index (κ3) is 18.8. The summed E-state index contributed by atoms with van der Waals surface area (Å²) in [5.74, 6) is 0. The molecule has 0 aliphatic rings. The first kappa shape index (κ1) is 27.4. The number of unbranched alkanes of at least 4 members (excludes halogenated alkanes) is 15. The quantitative estimate of drug-likeness (QED) is 0.199. The fourth-order valence-corrected chi connectivity index (χ4v) is 3.23. The molecule has 0 bridgehead atoms. The second-order valence-electron chi connectivity index (χ2n) is 8.16. The van der Waals surface area contributed by atoms with Gasteiger partial charge in [0.1, 0.15) is 5.72 Å². The maximum absolute atomic E-state index is 10.1. The van der Waals surface area contributed by atoms with Crippen LogP contribution in [0.25, 0.3) is 0 Å². The van der Waals surface area contributed by atoms with Gasteiger partial charge in [0.25, 0.3) is 0 Å². The second kappa shape index (κ2) is 19.0. The van der Waals surface area contributed by atoms with Gasteiger partial charge < -0.3 is 5.11 Å². The van der Waals surface area contributed by atoms with Crippen LogP contribution in [-0.2, 0) is 0 Å². The van der Waals surface area contributed by atoms with Crippen molar-refractivity contribution in [3.05, 3.63) is 0 Å². The summed E-state index contributed by atoms with van der Waals surface area (Å²) < 4.78 is 0. The van der Waals surface area contributed by atoms with E-state index in [4.69, 9.17) is 0 Å². The number of hydrogen-bond acceptors (Lipinski definition) is 2. The van der Waals surface area contributed by atoms with Crippen molar-refractivity contribution in [3.63, 3.8) is 0 Å². The molecule has 0 radical (unpaired) electrons. The lowest BCUT2D eigenvalue weighted by Gasteiger charge is -2.30. The largest absolute Gasteiger partial charge is 0.376 e. The Bertz CT molecular complexity index is 256. The van der Waals surface area contributed by atoms with Crippen molar-refractivity contribution in [2.75, 3.05) is 14.1 Å². The maximum atomic E-state index is 10.1. The maximum Gasteiger partial charge on any atom is 0.115 e. The molecule has 0 spiro atoms. The highest BCUT2D eigenvalue weighted by atomic mass is 35.5. The van der Waals surface area contributed by atoms with Crippen LogP contribution in [0.4, 0.5) is 0 Å². The number of halogens is 1. The number of aliphatic hydroxyl groups is 1. The van der Waals surface area contributed by atoms with Gasteiger partial charge in [-0.25, -0.2) is 0 Å². The molecule has 154 valence electrons. The van der Waals surface area contributed by atoms with E-state index in [9.17, 15) is 5.11 Å². The molecule has 0 saturated carbocycles. The van der Waals surface area contributed by atoms with Gasteiger partial charge in [0, 0.05) is 0 Å². The Morgan fingerprint density at radius 3 is 1.16 bits per heavy atom. The van der Waals surface area contributed by atoms with E-state index in [0.717, 1.165) is 12.8 Å². The molecular formula is C22H48ClNO. The summed E-state index contributed by atoms with van der Waals surface area (Å²) in [5.41, 5.74) is -0.629. The van der Waals surface area contributed by atoms with E-state index >= 15 is 0 Å². The Balaban J connectivity index is 0. The van der Waals surface area contributed by atoms with Gasteiger partial charge in [-0.1, -0.05) is 103 Å². The summed E-state index contributed by atoms with van der Waals surface area (Å²) >= 11 is 0. The Labute approximate surface area is 165 Å². The van der Waals surface area contributed by atoms with Crippen LogP contribution in [0, 0.1) is 0 Å². The summed E-state index contributed by atoms with van der Waals surface area (Å²) in [6.07, 6.45) is 23.2. The van der Waals surface area contributed by atoms with E-state index in [1.165, 1.54) is 96.3 Å². The van der Waals surface area contributed by atoms with Crippen LogP contribution < -0.4 is 0 Å². The Hall–Kier alpha value is 0.210. The minimum Gasteiger partial charge on any atom is -0.376 e. The number of rotatable bonds is 18. The normalized spacial score (nSPS) is 13.7.